The smallest absolute Gasteiger partial charge is 0.264 e. The van der Waals surface area contributed by atoms with Crippen LogP contribution in [0.3, 0.4) is 0 Å². The van der Waals surface area contributed by atoms with E-state index in [-0.39, 0.29) is 34.7 Å². The van der Waals surface area contributed by atoms with Crippen LogP contribution in [0.15, 0.2) is 12.2 Å². The lowest BCUT2D eigenvalue weighted by molar-refractivity contribution is -0.224. The lowest BCUT2D eigenvalue weighted by Crippen LogP contribution is -2.65. The summed E-state index contributed by atoms with van der Waals surface area (Å²) >= 11 is 0. The average Bonchev–Trinajstić information content (AvgIpc) is 3.18. The molecule has 5 aliphatic rings. The zero-order valence-electron chi connectivity index (χ0n) is 25.1. The first kappa shape index (κ1) is 30.9. The van der Waals surface area contributed by atoms with Crippen LogP contribution in [-0.4, -0.2) is 38.7 Å². The largest absolute Gasteiger partial charge is 0.397 e. The van der Waals surface area contributed by atoms with Crippen LogP contribution in [0.5, 0.6) is 0 Å². The van der Waals surface area contributed by atoms with Crippen LogP contribution in [0.2, 0.25) is 0 Å². The molecule has 40 heavy (non-hydrogen) atoms. The highest BCUT2D eigenvalue weighted by molar-refractivity contribution is 7.81. The molecule has 0 aromatic rings. The fraction of sp³-hybridized carbons (Fsp3) is 0.933. The SMILES string of the molecule is C=C(C)[C@@H]1CC[C@]2(COS(=O)(=O)O)CC(C)C3[C@H](CC[C@@H]4[C@@]5(C)CC[C@H](OS(=O)(=O)O)C(C)(C)[C@@H]5CC[C@@]34C)[C@@H]12. The van der Waals surface area contributed by atoms with Gasteiger partial charge in [0, 0.05) is 0 Å². The van der Waals surface area contributed by atoms with Gasteiger partial charge < -0.3 is 0 Å². The maximum absolute atomic E-state index is 11.7. The molecule has 0 amide bonds. The Morgan fingerprint density at radius 2 is 1.50 bits per heavy atom. The molecule has 10 heteroatoms. The van der Waals surface area contributed by atoms with Crippen LogP contribution in [0.25, 0.3) is 0 Å². The van der Waals surface area contributed by atoms with Gasteiger partial charge in [-0.3, -0.25) is 9.11 Å². The van der Waals surface area contributed by atoms with E-state index in [2.05, 4.69) is 48.1 Å². The van der Waals surface area contributed by atoms with Crippen LogP contribution in [0.4, 0.5) is 0 Å². The normalized spacial score (nSPS) is 48.4. The van der Waals surface area contributed by atoms with Crippen LogP contribution < -0.4 is 0 Å². The van der Waals surface area contributed by atoms with Crippen molar-refractivity contribution < 1.29 is 34.3 Å². The van der Waals surface area contributed by atoms with E-state index in [0.717, 1.165) is 56.9 Å². The summed E-state index contributed by atoms with van der Waals surface area (Å²) in [6.07, 6.45) is 7.91. The van der Waals surface area contributed by atoms with Crippen molar-refractivity contribution in [2.45, 2.75) is 105 Å². The molecular weight excluding hydrogens is 552 g/mol. The van der Waals surface area contributed by atoms with E-state index in [4.69, 9.17) is 8.37 Å². The maximum Gasteiger partial charge on any atom is 0.397 e. The Morgan fingerprint density at radius 3 is 2.10 bits per heavy atom. The highest BCUT2D eigenvalue weighted by atomic mass is 32.3. The van der Waals surface area contributed by atoms with E-state index in [9.17, 15) is 25.9 Å². The Labute approximate surface area is 242 Å². The summed E-state index contributed by atoms with van der Waals surface area (Å²) in [4.78, 5) is 0. The van der Waals surface area contributed by atoms with Gasteiger partial charge in [0.05, 0.1) is 12.7 Å². The minimum atomic E-state index is -4.52. The molecule has 5 saturated carbocycles. The van der Waals surface area contributed by atoms with Gasteiger partial charge in [-0.1, -0.05) is 46.8 Å². The summed E-state index contributed by atoms with van der Waals surface area (Å²) in [5.74, 6) is 2.69. The van der Waals surface area contributed by atoms with Crippen LogP contribution in [-0.2, 0) is 29.2 Å². The summed E-state index contributed by atoms with van der Waals surface area (Å²) in [5.41, 5.74) is 0.634. The molecule has 0 saturated heterocycles. The Kier molecular flexibility index (Phi) is 7.53. The third kappa shape index (κ3) is 4.84. The van der Waals surface area contributed by atoms with Crippen molar-refractivity contribution in [1.82, 2.24) is 0 Å². The quantitative estimate of drug-likeness (QED) is 0.260. The molecule has 2 unspecified atom stereocenters. The summed E-state index contributed by atoms with van der Waals surface area (Å²) in [5, 5.41) is 0. The molecule has 0 radical (unpaired) electrons. The summed E-state index contributed by atoms with van der Waals surface area (Å²) in [6, 6.07) is 0. The molecule has 2 N–H and O–H groups in total. The van der Waals surface area contributed by atoms with Gasteiger partial charge in [-0.25, -0.2) is 8.37 Å². The number of rotatable bonds is 6. The third-order valence-corrected chi connectivity index (χ3v) is 14.2. The van der Waals surface area contributed by atoms with Crippen molar-refractivity contribution >= 4 is 20.8 Å². The number of hydrogen-bond acceptors (Lipinski definition) is 6. The number of allylic oxidation sites excluding steroid dienone is 1. The molecule has 0 heterocycles. The molecule has 5 rings (SSSR count). The van der Waals surface area contributed by atoms with E-state index in [1.165, 1.54) is 0 Å². The fourth-order valence-electron chi connectivity index (χ4n) is 12.4. The van der Waals surface area contributed by atoms with E-state index >= 15 is 0 Å². The molecule has 230 valence electrons. The van der Waals surface area contributed by atoms with Crippen LogP contribution >= 0.6 is 0 Å². The van der Waals surface area contributed by atoms with Crippen molar-refractivity contribution in [3.8, 4) is 0 Å². The van der Waals surface area contributed by atoms with Crippen molar-refractivity contribution in [1.29, 1.82) is 0 Å². The molecule has 5 fully saturated rings. The molecule has 5 aliphatic carbocycles. The second-order valence-electron chi connectivity index (χ2n) is 15.5. The average molecular weight is 603 g/mol. The molecular formula is C30H50O8S2. The lowest BCUT2D eigenvalue weighted by atomic mass is 9.35. The van der Waals surface area contributed by atoms with Gasteiger partial charge in [0.15, 0.2) is 0 Å². The fourth-order valence-corrected chi connectivity index (χ4v) is 13.4. The van der Waals surface area contributed by atoms with Crippen LogP contribution in [0.1, 0.15) is 99.3 Å². The van der Waals surface area contributed by atoms with E-state index in [1.807, 2.05) is 0 Å². The van der Waals surface area contributed by atoms with E-state index in [0.29, 0.717) is 36.0 Å². The molecule has 11 atom stereocenters. The maximum atomic E-state index is 11.7. The number of hydrogen-bond donors (Lipinski definition) is 2. The lowest BCUT2D eigenvalue weighted by Gasteiger charge is -2.70. The highest BCUT2D eigenvalue weighted by Gasteiger charge is 2.68. The summed E-state index contributed by atoms with van der Waals surface area (Å²) in [6.45, 7) is 18.0. The second kappa shape index (κ2) is 9.74. The first-order valence-electron chi connectivity index (χ1n) is 15.2. The minimum Gasteiger partial charge on any atom is -0.264 e. The second-order valence-corrected chi connectivity index (χ2v) is 17.7. The summed E-state index contributed by atoms with van der Waals surface area (Å²) in [7, 11) is -9.04. The molecule has 0 aromatic heterocycles. The van der Waals surface area contributed by atoms with Crippen molar-refractivity contribution in [2.24, 2.45) is 63.1 Å². The molecule has 0 aromatic carbocycles. The Hall–Kier alpha value is -0.520. The standard InChI is InChI=1S/C30H50O8S2/c1-18(2)20-10-15-30(17-37-39(31,32)33)16-19(3)25-21(26(20)30)8-9-23-28(6)14-12-24(38-40(34,35)36)27(4,5)22(28)11-13-29(23,25)7/h19-26H,1,8-17H2,2-7H3,(H,31,32,33)(H,34,35,36)/t19?,20-,21-,22-,23+,24-,25?,26+,28-,29+,30+/m0/s1. The predicted octanol–water partition coefficient (Wildman–Crippen LogP) is 6.51. The highest BCUT2D eigenvalue weighted by Crippen LogP contribution is 2.74. The first-order chi connectivity index (χ1) is 18.3. The van der Waals surface area contributed by atoms with Crippen LogP contribution in [0, 0.1) is 63.1 Å². The Bertz CT molecular complexity index is 1240. The van der Waals surface area contributed by atoms with Crippen molar-refractivity contribution in [3.05, 3.63) is 12.2 Å². The molecule has 8 nitrogen and oxygen atoms in total. The van der Waals surface area contributed by atoms with Gasteiger partial charge in [-0.15, -0.1) is 0 Å². The van der Waals surface area contributed by atoms with Gasteiger partial charge in [0.25, 0.3) is 0 Å². The zero-order chi connectivity index (χ0) is 29.7. The molecule has 0 spiro atoms. The van der Waals surface area contributed by atoms with E-state index < -0.39 is 32.3 Å². The topological polar surface area (TPSA) is 127 Å². The van der Waals surface area contributed by atoms with Gasteiger partial charge in [0.2, 0.25) is 0 Å². The Balaban J connectivity index is 1.49. The number of fused-ring (bicyclic) bond motifs is 7. The molecule has 0 bridgehead atoms. The first-order valence-corrected chi connectivity index (χ1v) is 17.9. The van der Waals surface area contributed by atoms with E-state index in [1.54, 1.807) is 0 Å². The monoisotopic (exact) mass is 602 g/mol. The Morgan fingerprint density at radius 1 is 0.850 bits per heavy atom. The van der Waals surface area contributed by atoms with Crippen molar-refractivity contribution in [3.63, 3.8) is 0 Å². The van der Waals surface area contributed by atoms with Gasteiger partial charge in [-0.2, -0.15) is 16.8 Å². The van der Waals surface area contributed by atoms with Crippen molar-refractivity contribution in [2.75, 3.05) is 6.61 Å². The van der Waals surface area contributed by atoms with Gasteiger partial charge in [0.1, 0.15) is 0 Å². The van der Waals surface area contributed by atoms with Gasteiger partial charge in [-0.05, 0) is 128 Å². The summed E-state index contributed by atoms with van der Waals surface area (Å²) < 4.78 is 76.0. The zero-order valence-corrected chi connectivity index (χ0v) is 26.7. The third-order valence-electron chi connectivity index (χ3n) is 13.3. The van der Waals surface area contributed by atoms with Gasteiger partial charge >= 0.3 is 20.8 Å². The predicted molar refractivity (Wildman–Crippen MR) is 153 cm³/mol. The molecule has 0 aliphatic heterocycles. The minimum absolute atomic E-state index is 0.0340.